The van der Waals surface area contributed by atoms with Crippen LogP contribution < -0.4 is 5.32 Å². The van der Waals surface area contributed by atoms with E-state index in [4.69, 9.17) is 14.7 Å². The second-order valence-electron chi connectivity index (χ2n) is 9.24. The molecule has 164 valence electrons. The van der Waals surface area contributed by atoms with Crippen LogP contribution in [0.15, 0.2) is 24.3 Å². The molecule has 2 heterocycles. The zero-order chi connectivity index (χ0) is 21.6. The first-order valence-electron chi connectivity index (χ1n) is 10.9. The van der Waals surface area contributed by atoms with Gasteiger partial charge in [0.15, 0.2) is 0 Å². The standard InChI is InChI=1S/C23H34N4O3/c1-23(2,3)30-22(28)25-10-12-27-16-20-14-26(15-21(17-27)29-20)11-4-5-18-6-8-19(13-24)9-7-18/h6-9,20-21H,4-5,10-12,14-17H2,1-3H3,(H,25,28). The van der Waals surface area contributed by atoms with E-state index < -0.39 is 5.60 Å². The predicted molar refractivity (Wildman–Crippen MR) is 115 cm³/mol. The second-order valence-corrected chi connectivity index (χ2v) is 9.24. The molecule has 2 aliphatic rings. The molecule has 0 spiro atoms. The minimum atomic E-state index is -0.469. The van der Waals surface area contributed by atoms with Gasteiger partial charge >= 0.3 is 6.09 Å². The van der Waals surface area contributed by atoms with Gasteiger partial charge in [-0.15, -0.1) is 0 Å². The van der Waals surface area contributed by atoms with Crippen molar-refractivity contribution in [1.29, 1.82) is 5.26 Å². The van der Waals surface area contributed by atoms with Gasteiger partial charge in [-0.3, -0.25) is 9.80 Å². The molecule has 0 saturated carbocycles. The quantitative estimate of drug-likeness (QED) is 0.738. The molecule has 0 aromatic heterocycles. The van der Waals surface area contributed by atoms with E-state index >= 15 is 0 Å². The summed E-state index contributed by atoms with van der Waals surface area (Å²) in [6, 6.07) is 10.0. The maximum absolute atomic E-state index is 11.8. The summed E-state index contributed by atoms with van der Waals surface area (Å²) >= 11 is 0. The molecule has 2 fully saturated rings. The third kappa shape index (κ3) is 7.28. The summed E-state index contributed by atoms with van der Waals surface area (Å²) in [5, 5.41) is 11.7. The fourth-order valence-corrected chi connectivity index (χ4v) is 4.11. The molecule has 2 bridgehead atoms. The van der Waals surface area contributed by atoms with E-state index in [0.29, 0.717) is 12.1 Å². The summed E-state index contributed by atoms with van der Waals surface area (Å²) in [6.07, 6.45) is 2.24. The lowest BCUT2D eigenvalue weighted by Gasteiger charge is -2.46. The van der Waals surface area contributed by atoms with Crippen LogP contribution in [0, 0.1) is 11.3 Å². The van der Waals surface area contributed by atoms with Gasteiger partial charge in [0.05, 0.1) is 23.8 Å². The highest BCUT2D eigenvalue weighted by molar-refractivity contribution is 5.67. The number of nitrogens with zero attached hydrogens (tertiary/aromatic N) is 3. The van der Waals surface area contributed by atoms with Crippen molar-refractivity contribution in [3.05, 3.63) is 35.4 Å². The molecule has 0 radical (unpaired) electrons. The Balaban J connectivity index is 1.34. The van der Waals surface area contributed by atoms with Crippen LogP contribution in [0.1, 0.15) is 38.3 Å². The topological polar surface area (TPSA) is 77.8 Å². The van der Waals surface area contributed by atoms with E-state index in [1.807, 2.05) is 32.9 Å². The number of carbonyl (C=O) groups excluding carboxylic acids is 1. The Morgan fingerprint density at radius 3 is 2.30 bits per heavy atom. The minimum absolute atomic E-state index is 0.230. The van der Waals surface area contributed by atoms with Crippen molar-refractivity contribution in [2.75, 3.05) is 45.8 Å². The van der Waals surface area contributed by atoms with Gasteiger partial charge < -0.3 is 14.8 Å². The normalized spacial score (nSPS) is 22.3. The van der Waals surface area contributed by atoms with Gasteiger partial charge in [0.2, 0.25) is 0 Å². The average Bonchev–Trinajstić information content (AvgIpc) is 2.66. The van der Waals surface area contributed by atoms with Crippen molar-refractivity contribution in [1.82, 2.24) is 15.1 Å². The molecule has 3 rings (SSSR count). The third-order valence-electron chi connectivity index (χ3n) is 5.35. The molecule has 2 aliphatic heterocycles. The van der Waals surface area contributed by atoms with E-state index in [2.05, 4.69) is 33.3 Å². The third-order valence-corrected chi connectivity index (χ3v) is 5.35. The monoisotopic (exact) mass is 414 g/mol. The lowest BCUT2D eigenvalue weighted by molar-refractivity contribution is -0.138. The summed E-state index contributed by atoms with van der Waals surface area (Å²) in [6.45, 7) is 11.8. The number of aryl methyl sites for hydroxylation is 1. The molecule has 7 heteroatoms. The molecule has 0 aliphatic carbocycles. The Hall–Kier alpha value is -2.14. The van der Waals surface area contributed by atoms with Crippen LogP contribution >= 0.6 is 0 Å². The number of fused-ring (bicyclic) bond motifs is 2. The first kappa shape index (κ1) is 22.5. The van der Waals surface area contributed by atoms with Crippen molar-refractivity contribution < 1.29 is 14.3 Å². The Labute approximate surface area is 179 Å². The molecule has 2 unspecified atom stereocenters. The van der Waals surface area contributed by atoms with Gasteiger partial charge in [-0.05, 0) is 57.9 Å². The fourth-order valence-electron chi connectivity index (χ4n) is 4.11. The Bertz CT molecular complexity index is 724. The number of hydrogen-bond donors (Lipinski definition) is 1. The van der Waals surface area contributed by atoms with E-state index in [0.717, 1.165) is 52.1 Å². The molecular weight excluding hydrogens is 380 g/mol. The number of morpholine rings is 2. The highest BCUT2D eigenvalue weighted by atomic mass is 16.6. The lowest BCUT2D eigenvalue weighted by Crippen LogP contribution is -2.60. The summed E-state index contributed by atoms with van der Waals surface area (Å²) in [5.74, 6) is 0. The summed E-state index contributed by atoms with van der Waals surface area (Å²) < 4.78 is 11.4. The van der Waals surface area contributed by atoms with Gasteiger partial charge in [0.1, 0.15) is 5.60 Å². The number of amides is 1. The van der Waals surface area contributed by atoms with Crippen molar-refractivity contribution >= 4 is 6.09 Å². The maximum atomic E-state index is 11.8. The molecule has 1 N–H and O–H groups in total. The molecule has 7 nitrogen and oxygen atoms in total. The van der Waals surface area contributed by atoms with Gasteiger partial charge in [0, 0.05) is 39.3 Å². The van der Waals surface area contributed by atoms with Crippen molar-refractivity contribution in [2.24, 2.45) is 0 Å². The first-order valence-corrected chi connectivity index (χ1v) is 10.9. The van der Waals surface area contributed by atoms with Crippen LogP contribution in [0.4, 0.5) is 4.79 Å². The number of carbonyl (C=O) groups is 1. The number of ether oxygens (including phenoxy) is 2. The van der Waals surface area contributed by atoms with Gasteiger partial charge in [-0.1, -0.05) is 12.1 Å². The maximum Gasteiger partial charge on any atom is 0.407 e. The van der Waals surface area contributed by atoms with E-state index in [1.165, 1.54) is 5.56 Å². The van der Waals surface area contributed by atoms with Crippen LogP contribution in [0.3, 0.4) is 0 Å². The molecule has 2 saturated heterocycles. The highest BCUT2D eigenvalue weighted by Crippen LogP contribution is 2.19. The number of rotatable bonds is 7. The fraction of sp³-hybridized carbons (Fsp3) is 0.652. The minimum Gasteiger partial charge on any atom is -0.444 e. The number of nitriles is 1. The molecule has 30 heavy (non-hydrogen) atoms. The number of alkyl carbamates (subject to hydrolysis) is 1. The lowest BCUT2D eigenvalue weighted by atomic mass is 10.1. The largest absolute Gasteiger partial charge is 0.444 e. The van der Waals surface area contributed by atoms with E-state index in [1.54, 1.807) is 0 Å². The van der Waals surface area contributed by atoms with Gasteiger partial charge in [-0.2, -0.15) is 5.26 Å². The summed E-state index contributed by atoms with van der Waals surface area (Å²) in [5.41, 5.74) is 1.53. The van der Waals surface area contributed by atoms with Crippen LogP contribution in [0.2, 0.25) is 0 Å². The number of hydrogen-bond acceptors (Lipinski definition) is 6. The smallest absolute Gasteiger partial charge is 0.407 e. The predicted octanol–water partition coefficient (Wildman–Crippen LogP) is 2.40. The zero-order valence-electron chi connectivity index (χ0n) is 18.4. The average molecular weight is 415 g/mol. The molecule has 1 amide bonds. The van der Waals surface area contributed by atoms with Crippen LogP contribution in [0.5, 0.6) is 0 Å². The number of nitrogens with one attached hydrogen (secondary N) is 1. The first-order chi connectivity index (χ1) is 14.3. The molecule has 1 aromatic carbocycles. The summed E-state index contributed by atoms with van der Waals surface area (Å²) in [7, 11) is 0. The summed E-state index contributed by atoms with van der Waals surface area (Å²) in [4.78, 5) is 16.7. The van der Waals surface area contributed by atoms with Crippen LogP contribution in [0.25, 0.3) is 0 Å². The second kappa shape index (κ2) is 10.3. The number of benzene rings is 1. The van der Waals surface area contributed by atoms with E-state index in [-0.39, 0.29) is 18.3 Å². The van der Waals surface area contributed by atoms with E-state index in [9.17, 15) is 4.79 Å². The SMILES string of the molecule is CC(C)(C)OC(=O)NCCN1CC2CN(CCCc3ccc(C#N)cc3)CC(C1)O2. The molecule has 2 atom stereocenters. The van der Waals surface area contributed by atoms with Crippen molar-refractivity contribution in [2.45, 2.75) is 51.4 Å². The Morgan fingerprint density at radius 2 is 1.73 bits per heavy atom. The van der Waals surface area contributed by atoms with Crippen molar-refractivity contribution in [3.63, 3.8) is 0 Å². The van der Waals surface area contributed by atoms with Crippen LogP contribution in [-0.2, 0) is 15.9 Å². The van der Waals surface area contributed by atoms with Gasteiger partial charge in [0.25, 0.3) is 0 Å². The molecule has 1 aromatic rings. The Morgan fingerprint density at radius 1 is 1.13 bits per heavy atom. The van der Waals surface area contributed by atoms with Crippen molar-refractivity contribution in [3.8, 4) is 6.07 Å². The zero-order valence-corrected chi connectivity index (χ0v) is 18.4. The highest BCUT2D eigenvalue weighted by Gasteiger charge is 2.34. The Kier molecular flexibility index (Phi) is 7.70. The molecular formula is C23H34N4O3. The van der Waals surface area contributed by atoms with Gasteiger partial charge in [-0.25, -0.2) is 4.79 Å². The van der Waals surface area contributed by atoms with Crippen LogP contribution in [-0.4, -0.2) is 79.5 Å².